The highest BCUT2D eigenvalue weighted by Crippen LogP contribution is 2.28. The molecule has 1 saturated carbocycles. The van der Waals surface area contributed by atoms with Crippen LogP contribution in [0, 0.1) is 11.8 Å². The molecule has 4 nitrogen and oxygen atoms in total. The Kier molecular flexibility index (Phi) is 5.78. The topological polar surface area (TPSA) is 58.4 Å². The first-order chi connectivity index (χ1) is 9.63. The van der Waals surface area contributed by atoms with Crippen molar-refractivity contribution < 1.29 is 4.79 Å². The quantitative estimate of drug-likeness (QED) is 0.780. The zero-order valence-electron chi connectivity index (χ0n) is 12.4. The molecular formula is C15H27N3OS. The monoisotopic (exact) mass is 297 g/mol. The van der Waals surface area contributed by atoms with Gasteiger partial charge in [-0.3, -0.25) is 9.69 Å². The van der Waals surface area contributed by atoms with Gasteiger partial charge >= 0.3 is 0 Å². The summed E-state index contributed by atoms with van der Waals surface area (Å²) in [5, 5.41) is 4.04. The Morgan fingerprint density at radius 1 is 1.35 bits per heavy atom. The highest BCUT2D eigenvalue weighted by atomic mass is 32.1. The van der Waals surface area contributed by atoms with Crippen LogP contribution in [0.3, 0.4) is 0 Å². The van der Waals surface area contributed by atoms with Gasteiger partial charge in [0, 0.05) is 12.6 Å². The van der Waals surface area contributed by atoms with E-state index in [4.69, 9.17) is 18.0 Å². The van der Waals surface area contributed by atoms with E-state index in [0.29, 0.717) is 24.1 Å². The molecule has 0 bridgehead atoms. The molecule has 3 atom stereocenters. The predicted octanol–water partition coefficient (Wildman–Crippen LogP) is 2.03. The molecule has 2 aliphatic rings. The molecule has 3 N–H and O–H groups in total. The van der Waals surface area contributed by atoms with E-state index in [0.717, 1.165) is 25.7 Å². The number of amides is 1. The third kappa shape index (κ3) is 3.70. The van der Waals surface area contributed by atoms with Gasteiger partial charge in [-0.05, 0) is 43.9 Å². The number of hydrogen-bond donors (Lipinski definition) is 2. The molecule has 3 unspecified atom stereocenters. The summed E-state index contributed by atoms with van der Waals surface area (Å²) in [5.41, 5.74) is 5.65. The van der Waals surface area contributed by atoms with Crippen molar-refractivity contribution in [3.63, 3.8) is 0 Å². The first-order valence-corrected chi connectivity index (χ1v) is 8.36. The average Bonchev–Trinajstić information content (AvgIpc) is 2.40. The smallest absolute Gasteiger partial charge is 0.233 e. The van der Waals surface area contributed by atoms with Crippen LogP contribution >= 0.6 is 12.2 Å². The first-order valence-electron chi connectivity index (χ1n) is 7.95. The number of rotatable bonds is 4. The van der Waals surface area contributed by atoms with Crippen LogP contribution in [-0.4, -0.2) is 35.1 Å². The van der Waals surface area contributed by atoms with E-state index in [1.807, 2.05) is 0 Å². The van der Waals surface area contributed by atoms with E-state index in [1.54, 1.807) is 4.90 Å². The van der Waals surface area contributed by atoms with Crippen molar-refractivity contribution in [1.82, 2.24) is 10.2 Å². The Morgan fingerprint density at radius 2 is 2.05 bits per heavy atom. The summed E-state index contributed by atoms with van der Waals surface area (Å²) in [6.07, 6.45) is 7.89. The Balaban J connectivity index is 2.00. The third-order valence-corrected chi connectivity index (χ3v) is 4.99. The van der Waals surface area contributed by atoms with Crippen molar-refractivity contribution in [3.05, 3.63) is 0 Å². The molecule has 1 aliphatic carbocycles. The van der Waals surface area contributed by atoms with Gasteiger partial charge in [0.2, 0.25) is 5.91 Å². The summed E-state index contributed by atoms with van der Waals surface area (Å²) in [5.74, 6) is 0.792. The van der Waals surface area contributed by atoms with Gasteiger partial charge in [0.15, 0.2) is 5.11 Å². The number of fused-ring (bicyclic) bond motifs is 1. The van der Waals surface area contributed by atoms with Crippen LogP contribution in [0.2, 0.25) is 0 Å². The van der Waals surface area contributed by atoms with Gasteiger partial charge < -0.3 is 11.1 Å². The van der Waals surface area contributed by atoms with Crippen LogP contribution < -0.4 is 11.1 Å². The molecule has 5 heteroatoms. The lowest BCUT2D eigenvalue weighted by Crippen LogP contribution is -2.60. The minimum Gasteiger partial charge on any atom is -0.359 e. The molecule has 1 amide bonds. The normalized spacial score (nSPS) is 29.2. The van der Waals surface area contributed by atoms with E-state index in [1.165, 1.54) is 19.3 Å². The molecule has 0 spiro atoms. The largest absolute Gasteiger partial charge is 0.359 e. The number of nitrogens with two attached hydrogens (primary N) is 1. The van der Waals surface area contributed by atoms with Crippen molar-refractivity contribution in [2.75, 3.05) is 13.1 Å². The van der Waals surface area contributed by atoms with Crippen molar-refractivity contribution in [3.8, 4) is 0 Å². The number of nitrogens with zero attached hydrogens (tertiary/aromatic N) is 1. The zero-order valence-corrected chi connectivity index (χ0v) is 13.3. The third-order valence-electron chi connectivity index (χ3n) is 4.65. The standard InChI is InChI=1S/C15H27N3OS/c1-11(10-16)8-9-18-14(19)12-6-4-2-3-5-7-13(12)17-15(18)20/h11-13H,2-10,16H2,1H3,(H,17,20). The maximum atomic E-state index is 12.7. The molecule has 2 rings (SSSR count). The summed E-state index contributed by atoms with van der Waals surface area (Å²) < 4.78 is 0. The number of carbonyl (C=O) groups is 1. The molecule has 0 aromatic rings. The molecule has 20 heavy (non-hydrogen) atoms. The van der Waals surface area contributed by atoms with Crippen molar-refractivity contribution in [1.29, 1.82) is 0 Å². The zero-order chi connectivity index (χ0) is 14.5. The summed E-state index contributed by atoms with van der Waals surface area (Å²) in [4.78, 5) is 14.5. The van der Waals surface area contributed by atoms with Gasteiger partial charge in [-0.15, -0.1) is 0 Å². The van der Waals surface area contributed by atoms with Gasteiger partial charge in [-0.25, -0.2) is 0 Å². The number of hydrogen-bond acceptors (Lipinski definition) is 3. The average molecular weight is 297 g/mol. The summed E-state index contributed by atoms with van der Waals surface area (Å²) in [6, 6.07) is 0.262. The molecule has 114 valence electrons. The fraction of sp³-hybridized carbons (Fsp3) is 0.867. The minimum absolute atomic E-state index is 0.121. The van der Waals surface area contributed by atoms with Crippen LogP contribution in [0.1, 0.15) is 51.9 Å². The Hall–Kier alpha value is -0.680. The minimum atomic E-state index is 0.121. The SMILES string of the molecule is CC(CN)CCN1C(=O)C2CCCCCCC2NC1=S. The van der Waals surface area contributed by atoms with E-state index in [2.05, 4.69) is 12.2 Å². The summed E-state index contributed by atoms with van der Waals surface area (Å²) >= 11 is 5.40. The van der Waals surface area contributed by atoms with E-state index >= 15 is 0 Å². The number of thiocarbonyl (C=S) groups is 1. The van der Waals surface area contributed by atoms with Crippen LogP contribution in [0.5, 0.6) is 0 Å². The van der Waals surface area contributed by atoms with Gasteiger partial charge in [-0.1, -0.05) is 32.6 Å². The summed E-state index contributed by atoms with van der Waals surface area (Å²) in [7, 11) is 0. The molecule has 0 aromatic carbocycles. The van der Waals surface area contributed by atoms with Crippen molar-refractivity contribution >= 4 is 23.2 Å². The molecular weight excluding hydrogens is 270 g/mol. The van der Waals surface area contributed by atoms with E-state index in [9.17, 15) is 4.79 Å². The Morgan fingerprint density at radius 3 is 2.75 bits per heavy atom. The summed E-state index contributed by atoms with van der Waals surface area (Å²) in [6.45, 7) is 3.48. The Bertz CT molecular complexity index is 361. The van der Waals surface area contributed by atoms with E-state index in [-0.39, 0.29) is 17.9 Å². The fourth-order valence-corrected chi connectivity index (χ4v) is 3.50. The highest BCUT2D eigenvalue weighted by Gasteiger charge is 2.38. The molecule has 1 aliphatic heterocycles. The second-order valence-corrected chi connectivity index (χ2v) is 6.66. The van der Waals surface area contributed by atoms with Crippen LogP contribution in [-0.2, 0) is 4.79 Å². The van der Waals surface area contributed by atoms with Gasteiger partial charge in [0.05, 0.1) is 5.92 Å². The molecule has 0 radical (unpaired) electrons. The maximum Gasteiger partial charge on any atom is 0.233 e. The fourth-order valence-electron chi connectivity index (χ4n) is 3.17. The number of carbonyl (C=O) groups excluding carboxylic acids is 1. The lowest BCUT2D eigenvalue weighted by molar-refractivity contribution is -0.134. The van der Waals surface area contributed by atoms with Gasteiger partial charge in [0.25, 0.3) is 0 Å². The van der Waals surface area contributed by atoms with Crippen LogP contribution in [0.25, 0.3) is 0 Å². The molecule has 1 saturated heterocycles. The second kappa shape index (κ2) is 7.36. The maximum absolute atomic E-state index is 12.7. The second-order valence-electron chi connectivity index (χ2n) is 6.27. The molecule has 0 aromatic heterocycles. The van der Waals surface area contributed by atoms with Crippen LogP contribution in [0.15, 0.2) is 0 Å². The van der Waals surface area contributed by atoms with Gasteiger partial charge in [-0.2, -0.15) is 0 Å². The lowest BCUT2D eigenvalue weighted by atomic mass is 9.84. The van der Waals surface area contributed by atoms with Crippen molar-refractivity contribution in [2.45, 2.75) is 57.9 Å². The molecule has 2 fully saturated rings. The Labute approximate surface area is 127 Å². The van der Waals surface area contributed by atoms with Crippen LogP contribution in [0.4, 0.5) is 0 Å². The predicted molar refractivity (Wildman–Crippen MR) is 85.3 cm³/mol. The highest BCUT2D eigenvalue weighted by molar-refractivity contribution is 7.80. The lowest BCUT2D eigenvalue weighted by Gasteiger charge is -2.40. The van der Waals surface area contributed by atoms with E-state index < -0.39 is 0 Å². The van der Waals surface area contributed by atoms with Gasteiger partial charge in [0.1, 0.15) is 0 Å². The molecule has 1 heterocycles. The number of nitrogens with one attached hydrogen (secondary N) is 1. The van der Waals surface area contributed by atoms with Crippen molar-refractivity contribution in [2.24, 2.45) is 17.6 Å². The first kappa shape index (κ1) is 15.7.